The summed E-state index contributed by atoms with van der Waals surface area (Å²) in [6, 6.07) is 3.89. The Bertz CT molecular complexity index is 613. The lowest BCUT2D eigenvalue weighted by atomic mass is 9.82. The molecule has 0 radical (unpaired) electrons. The number of ether oxygens (including phenoxy) is 1. The van der Waals surface area contributed by atoms with Gasteiger partial charge in [-0.15, -0.1) is 0 Å². The number of aryl methyl sites for hydroxylation is 1. The average Bonchev–Trinajstić information content (AvgIpc) is 2.64. The number of nitrogens with zero attached hydrogens (tertiary/aromatic N) is 1. The first-order chi connectivity index (χ1) is 10.1. The highest BCUT2D eigenvalue weighted by molar-refractivity contribution is 5.95. The fourth-order valence-electron chi connectivity index (χ4n) is 3.23. The molecular weight excluding hydrogens is 278 g/mol. The van der Waals surface area contributed by atoms with Crippen LogP contribution in [0.25, 0.3) is 0 Å². The van der Waals surface area contributed by atoms with Crippen molar-refractivity contribution in [2.45, 2.75) is 53.9 Å². The van der Waals surface area contributed by atoms with Crippen molar-refractivity contribution in [3.05, 3.63) is 23.3 Å². The van der Waals surface area contributed by atoms with Gasteiger partial charge in [-0.25, -0.2) is 0 Å². The Morgan fingerprint density at radius 2 is 1.91 bits per heavy atom. The van der Waals surface area contributed by atoms with Crippen LogP contribution in [0.4, 0.5) is 5.69 Å². The van der Waals surface area contributed by atoms with Crippen LogP contribution in [0.2, 0.25) is 0 Å². The topological polar surface area (TPSA) is 46.6 Å². The van der Waals surface area contributed by atoms with Crippen molar-refractivity contribution in [1.82, 2.24) is 0 Å². The first-order valence-electron chi connectivity index (χ1n) is 7.69. The van der Waals surface area contributed by atoms with Crippen LogP contribution in [-0.4, -0.2) is 18.4 Å². The summed E-state index contributed by atoms with van der Waals surface area (Å²) in [4.78, 5) is 25.2. The van der Waals surface area contributed by atoms with E-state index in [4.69, 9.17) is 4.74 Å². The Labute approximate surface area is 132 Å². The number of amides is 1. The van der Waals surface area contributed by atoms with Crippen LogP contribution in [0.1, 0.15) is 58.1 Å². The Balaban J connectivity index is 2.55. The molecule has 1 aromatic rings. The molecule has 0 N–H and O–H groups in total. The lowest BCUT2D eigenvalue weighted by Gasteiger charge is -2.24. The number of esters is 1. The molecule has 22 heavy (non-hydrogen) atoms. The molecule has 0 fully saturated rings. The molecule has 120 valence electrons. The summed E-state index contributed by atoms with van der Waals surface area (Å²) in [5.74, 6) is 0.481. The average molecular weight is 303 g/mol. The number of hydrogen-bond acceptors (Lipinski definition) is 3. The third-order valence-electron chi connectivity index (χ3n) is 3.86. The second-order valence-electron chi connectivity index (χ2n) is 7.38. The molecule has 0 spiro atoms. The SMILES string of the molecule is CC(=O)Oc1cc(C)cc2c1C(CC(C)(C)C)CN2C(C)=O. The number of carbonyl (C=O) groups is 2. The van der Waals surface area contributed by atoms with Crippen molar-refractivity contribution in [3.63, 3.8) is 0 Å². The van der Waals surface area contributed by atoms with Crippen LogP contribution in [0, 0.1) is 12.3 Å². The first kappa shape index (κ1) is 16.5. The van der Waals surface area contributed by atoms with E-state index >= 15 is 0 Å². The minimum atomic E-state index is -0.330. The standard InChI is InChI=1S/C18H25NO3/c1-11-7-15-17(16(8-11)22-13(3)21)14(9-18(4,5)6)10-19(15)12(2)20/h7-8,14H,9-10H2,1-6H3. The van der Waals surface area contributed by atoms with E-state index in [1.807, 2.05) is 19.1 Å². The summed E-state index contributed by atoms with van der Waals surface area (Å²) in [5.41, 5.74) is 2.99. The number of carbonyl (C=O) groups excluding carboxylic acids is 2. The van der Waals surface area contributed by atoms with Crippen LogP contribution < -0.4 is 9.64 Å². The van der Waals surface area contributed by atoms with E-state index in [-0.39, 0.29) is 23.2 Å². The van der Waals surface area contributed by atoms with Gasteiger partial charge in [0.1, 0.15) is 5.75 Å². The van der Waals surface area contributed by atoms with E-state index in [9.17, 15) is 9.59 Å². The number of benzene rings is 1. The van der Waals surface area contributed by atoms with E-state index in [0.717, 1.165) is 23.2 Å². The zero-order chi connectivity index (χ0) is 16.7. The second-order valence-corrected chi connectivity index (χ2v) is 7.38. The highest BCUT2D eigenvalue weighted by Gasteiger charge is 2.36. The van der Waals surface area contributed by atoms with Gasteiger partial charge in [0.15, 0.2) is 0 Å². The van der Waals surface area contributed by atoms with Gasteiger partial charge in [-0.05, 0) is 36.5 Å². The van der Waals surface area contributed by atoms with Gasteiger partial charge in [0, 0.05) is 31.9 Å². The number of anilines is 1. The van der Waals surface area contributed by atoms with Crippen molar-refractivity contribution in [2.75, 3.05) is 11.4 Å². The van der Waals surface area contributed by atoms with Gasteiger partial charge in [-0.2, -0.15) is 0 Å². The molecule has 1 aliphatic rings. The smallest absolute Gasteiger partial charge is 0.308 e. The van der Waals surface area contributed by atoms with Gasteiger partial charge in [0.25, 0.3) is 0 Å². The molecule has 4 nitrogen and oxygen atoms in total. The highest BCUT2D eigenvalue weighted by Crippen LogP contribution is 2.47. The second kappa shape index (κ2) is 5.75. The summed E-state index contributed by atoms with van der Waals surface area (Å²) in [6.45, 7) is 12.1. The Kier molecular flexibility index (Phi) is 4.32. The maximum atomic E-state index is 12.0. The fourth-order valence-corrected chi connectivity index (χ4v) is 3.23. The van der Waals surface area contributed by atoms with Crippen LogP contribution in [0.5, 0.6) is 5.75 Å². The van der Waals surface area contributed by atoms with Gasteiger partial charge < -0.3 is 9.64 Å². The van der Waals surface area contributed by atoms with Crippen molar-refractivity contribution in [2.24, 2.45) is 5.41 Å². The molecule has 0 saturated carbocycles. The molecule has 1 heterocycles. The van der Waals surface area contributed by atoms with Gasteiger partial charge in [0.2, 0.25) is 5.91 Å². The van der Waals surface area contributed by atoms with E-state index in [2.05, 4.69) is 20.8 Å². The molecule has 1 amide bonds. The molecule has 0 saturated heterocycles. The molecule has 0 aliphatic carbocycles. The minimum absolute atomic E-state index is 0.0250. The molecule has 1 unspecified atom stereocenters. The summed E-state index contributed by atoms with van der Waals surface area (Å²) >= 11 is 0. The van der Waals surface area contributed by atoms with Gasteiger partial charge in [-0.1, -0.05) is 20.8 Å². The van der Waals surface area contributed by atoms with E-state index in [1.165, 1.54) is 6.92 Å². The largest absolute Gasteiger partial charge is 0.426 e. The van der Waals surface area contributed by atoms with Crippen LogP contribution in [0.15, 0.2) is 12.1 Å². The van der Waals surface area contributed by atoms with Crippen LogP contribution in [0.3, 0.4) is 0 Å². The zero-order valence-corrected chi connectivity index (χ0v) is 14.3. The molecule has 0 bridgehead atoms. The van der Waals surface area contributed by atoms with E-state index in [0.29, 0.717) is 12.3 Å². The predicted octanol–water partition coefficient (Wildman–Crippen LogP) is 3.81. The fraction of sp³-hybridized carbons (Fsp3) is 0.556. The minimum Gasteiger partial charge on any atom is -0.426 e. The molecule has 1 atom stereocenters. The van der Waals surface area contributed by atoms with Crippen molar-refractivity contribution in [3.8, 4) is 5.75 Å². The van der Waals surface area contributed by atoms with Gasteiger partial charge in [0.05, 0.1) is 5.69 Å². The summed E-state index contributed by atoms with van der Waals surface area (Å²) < 4.78 is 5.43. The van der Waals surface area contributed by atoms with Gasteiger partial charge >= 0.3 is 5.97 Å². The van der Waals surface area contributed by atoms with E-state index in [1.54, 1.807) is 11.8 Å². The molecule has 1 aliphatic heterocycles. The lowest BCUT2D eigenvalue weighted by molar-refractivity contribution is -0.132. The Morgan fingerprint density at radius 3 is 2.41 bits per heavy atom. The quantitative estimate of drug-likeness (QED) is 0.616. The summed E-state index contributed by atoms with van der Waals surface area (Å²) in [7, 11) is 0. The third kappa shape index (κ3) is 3.49. The maximum absolute atomic E-state index is 12.0. The predicted molar refractivity (Wildman–Crippen MR) is 87.3 cm³/mol. The zero-order valence-electron chi connectivity index (χ0n) is 14.3. The normalized spacial score (nSPS) is 17.4. The first-order valence-corrected chi connectivity index (χ1v) is 7.69. The van der Waals surface area contributed by atoms with Crippen LogP contribution in [-0.2, 0) is 9.59 Å². The van der Waals surface area contributed by atoms with Crippen molar-refractivity contribution in [1.29, 1.82) is 0 Å². The Morgan fingerprint density at radius 1 is 1.27 bits per heavy atom. The molecule has 0 aromatic heterocycles. The Hall–Kier alpha value is -1.84. The third-order valence-corrected chi connectivity index (χ3v) is 3.86. The highest BCUT2D eigenvalue weighted by atomic mass is 16.5. The summed E-state index contributed by atoms with van der Waals surface area (Å²) in [5, 5.41) is 0. The van der Waals surface area contributed by atoms with Gasteiger partial charge in [-0.3, -0.25) is 9.59 Å². The van der Waals surface area contributed by atoms with E-state index < -0.39 is 0 Å². The summed E-state index contributed by atoms with van der Waals surface area (Å²) in [6.07, 6.45) is 0.932. The lowest BCUT2D eigenvalue weighted by Crippen LogP contribution is -2.28. The van der Waals surface area contributed by atoms with Crippen molar-refractivity contribution < 1.29 is 14.3 Å². The van der Waals surface area contributed by atoms with Crippen LogP contribution >= 0.6 is 0 Å². The molecule has 2 rings (SSSR count). The molecule has 1 aromatic carbocycles. The van der Waals surface area contributed by atoms with Crippen molar-refractivity contribution >= 4 is 17.6 Å². The molecular formula is C18H25NO3. The number of fused-ring (bicyclic) bond motifs is 1. The number of hydrogen-bond donors (Lipinski definition) is 0. The molecule has 4 heteroatoms. The maximum Gasteiger partial charge on any atom is 0.308 e. The monoisotopic (exact) mass is 303 g/mol. The number of rotatable bonds is 2.